The zero-order valence-corrected chi connectivity index (χ0v) is 12.6. The van der Waals surface area contributed by atoms with Crippen molar-refractivity contribution in [1.82, 2.24) is 0 Å². The molecule has 0 saturated carbocycles. The van der Waals surface area contributed by atoms with Gasteiger partial charge in [-0.1, -0.05) is 36.4 Å². The van der Waals surface area contributed by atoms with Crippen LogP contribution in [0, 0.1) is 6.92 Å². The largest absolute Gasteiger partial charge is 0.487 e. The van der Waals surface area contributed by atoms with Gasteiger partial charge in [0.15, 0.2) is 0 Å². The molecule has 19 heavy (non-hydrogen) atoms. The van der Waals surface area contributed by atoms with Crippen LogP contribution in [0.4, 0.5) is 0 Å². The van der Waals surface area contributed by atoms with Gasteiger partial charge in [-0.2, -0.15) is 0 Å². The number of hydrogen-bond acceptors (Lipinski definition) is 2. The number of hydrogen-bond donors (Lipinski definition) is 1. The minimum Gasteiger partial charge on any atom is -0.487 e. The van der Waals surface area contributed by atoms with Crippen LogP contribution >= 0.6 is 15.9 Å². The van der Waals surface area contributed by atoms with Crippen LogP contribution in [0.2, 0.25) is 0 Å². The molecule has 0 radical (unpaired) electrons. The Labute approximate surface area is 122 Å². The van der Waals surface area contributed by atoms with Gasteiger partial charge in [0.05, 0.1) is 4.47 Å². The summed E-state index contributed by atoms with van der Waals surface area (Å²) in [5.74, 6) is 0.907. The number of nitrogens with two attached hydrogens (primary N) is 1. The summed E-state index contributed by atoms with van der Waals surface area (Å²) in [5.41, 5.74) is 9.12. The van der Waals surface area contributed by atoms with Crippen molar-refractivity contribution >= 4 is 15.9 Å². The molecule has 0 heterocycles. The number of ether oxygens (including phenoxy) is 1. The first-order valence-electron chi connectivity index (χ1n) is 6.36. The summed E-state index contributed by atoms with van der Waals surface area (Å²) in [6, 6.07) is 14.4. The van der Waals surface area contributed by atoms with Crippen LogP contribution in [0.1, 0.15) is 16.7 Å². The predicted octanol–water partition coefficient (Wildman–Crippen LogP) is 3.84. The van der Waals surface area contributed by atoms with Gasteiger partial charge >= 0.3 is 0 Å². The van der Waals surface area contributed by atoms with Crippen LogP contribution in [0.15, 0.2) is 46.9 Å². The second-order valence-corrected chi connectivity index (χ2v) is 5.39. The third-order valence-corrected chi connectivity index (χ3v) is 3.54. The molecule has 0 aliphatic carbocycles. The van der Waals surface area contributed by atoms with Gasteiger partial charge in [-0.3, -0.25) is 0 Å². The molecular weight excluding hydrogens is 302 g/mol. The van der Waals surface area contributed by atoms with Gasteiger partial charge in [0.1, 0.15) is 12.4 Å². The van der Waals surface area contributed by atoms with E-state index in [9.17, 15) is 0 Å². The van der Waals surface area contributed by atoms with E-state index in [1.54, 1.807) is 0 Å². The zero-order chi connectivity index (χ0) is 13.7. The fourth-order valence-corrected chi connectivity index (χ4v) is 2.75. The maximum atomic E-state index is 5.91. The Kier molecular flexibility index (Phi) is 5.00. The Morgan fingerprint density at radius 3 is 2.47 bits per heavy atom. The molecule has 0 spiro atoms. The molecule has 2 aromatic carbocycles. The molecule has 0 unspecified atom stereocenters. The molecule has 3 heteroatoms. The highest BCUT2D eigenvalue weighted by molar-refractivity contribution is 9.10. The summed E-state index contributed by atoms with van der Waals surface area (Å²) in [4.78, 5) is 0. The quantitative estimate of drug-likeness (QED) is 0.908. The van der Waals surface area contributed by atoms with Gasteiger partial charge in [0.2, 0.25) is 0 Å². The molecule has 2 rings (SSSR count). The zero-order valence-electron chi connectivity index (χ0n) is 11.0. The molecular formula is C16H18BrNO. The van der Waals surface area contributed by atoms with Gasteiger partial charge in [-0.15, -0.1) is 0 Å². The highest BCUT2D eigenvalue weighted by Crippen LogP contribution is 2.31. The van der Waals surface area contributed by atoms with E-state index in [0.717, 1.165) is 22.2 Å². The molecule has 2 nitrogen and oxygen atoms in total. The van der Waals surface area contributed by atoms with E-state index in [1.165, 1.54) is 11.1 Å². The molecule has 0 atom stereocenters. The first-order valence-corrected chi connectivity index (χ1v) is 7.16. The monoisotopic (exact) mass is 319 g/mol. The van der Waals surface area contributed by atoms with Crippen LogP contribution < -0.4 is 10.5 Å². The van der Waals surface area contributed by atoms with E-state index >= 15 is 0 Å². The van der Waals surface area contributed by atoms with Gasteiger partial charge in [0.25, 0.3) is 0 Å². The molecule has 0 saturated heterocycles. The summed E-state index contributed by atoms with van der Waals surface area (Å²) >= 11 is 3.58. The van der Waals surface area contributed by atoms with Crippen LogP contribution in [-0.4, -0.2) is 6.54 Å². The molecule has 2 N–H and O–H groups in total. The molecule has 100 valence electrons. The molecule has 0 aliphatic rings. The lowest BCUT2D eigenvalue weighted by Gasteiger charge is -2.13. The van der Waals surface area contributed by atoms with Crippen molar-refractivity contribution in [2.24, 2.45) is 5.73 Å². The molecule has 2 aromatic rings. The van der Waals surface area contributed by atoms with Crippen molar-refractivity contribution in [1.29, 1.82) is 0 Å². The highest BCUT2D eigenvalue weighted by atomic mass is 79.9. The fourth-order valence-electron chi connectivity index (χ4n) is 2.03. The first-order chi connectivity index (χ1) is 9.20. The Hall–Kier alpha value is -1.32. The van der Waals surface area contributed by atoms with Gasteiger partial charge in [-0.25, -0.2) is 0 Å². The lowest BCUT2D eigenvalue weighted by molar-refractivity contribution is 0.302. The Morgan fingerprint density at radius 2 is 1.84 bits per heavy atom. The van der Waals surface area contributed by atoms with E-state index in [2.05, 4.69) is 47.1 Å². The average Bonchev–Trinajstić information content (AvgIpc) is 2.39. The highest BCUT2D eigenvalue weighted by Gasteiger charge is 2.07. The topological polar surface area (TPSA) is 35.2 Å². The first kappa shape index (κ1) is 14.1. The second-order valence-electron chi connectivity index (χ2n) is 4.54. The third-order valence-electron chi connectivity index (χ3n) is 2.95. The minimum absolute atomic E-state index is 0.580. The Balaban J connectivity index is 2.12. The lowest BCUT2D eigenvalue weighted by Crippen LogP contribution is -2.04. The smallest absolute Gasteiger partial charge is 0.136 e. The van der Waals surface area contributed by atoms with E-state index in [1.807, 2.05) is 18.2 Å². The van der Waals surface area contributed by atoms with Crippen molar-refractivity contribution in [3.05, 3.63) is 63.6 Å². The third kappa shape index (κ3) is 3.82. The number of benzene rings is 2. The summed E-state index contributed by atoms with van der Waals surface area (Å²) in [6.45, 7) is 3.30. The summed E-state index contributed by atoms with van der Waals surface area (Å²) in [7, 11) is 0. The molecule has 0 amide bonds. The van der Waals surface area contributed by atoms with Gasteiger partial charge in [0, 0.05) is 0 Å². The van der Waals surface area contributed by atoms with Crippen molar-refractivity contribution in [2.45, 2.75) is 20.0 Å². The predicted molar refractivity (Wildman–Crippen MR) is 82.4 cm³/mol. The fraction of sp³-hybridized carbons (Fsp3) is 0.250. The summed E-state index contributed by atoms with van der Waals surface area (Å²) in [5, 5.41) is 0. The maximum Gasteiger partial charge on any atom is 0.136 e. The van der Waals surface area contributed by atoms with Crippen molar-refractivity contribution in [3.8, 4) is 5.75 Å². The Bertz CT molecular complexity index is 517. The second kappa shape index (κ2) is 6.73. The SMILES string of the molecule is Cc1cc(CCN)cc(Br)c1OCc1ccccc1. The molecule has 0 fully saturated rings. The van der Waals surface area contributed by atoms with Crippen molar-refractivity contribution in [2.75, 3.05) is 6.54 Å². The van der Waals surface area contributed by atoms with E-state index in [-0.39, 0.29) is 0 Å². The van der Waals surface area contributed by atoms with E-state index in [0.29, 0.717) is 13.2 Å². The normalized spacial score (nSPS) is 10.5. The maximum absolute atomic E-state index is 5.91. The molecule has 0 aliphatic heterocycles. The van der Waals surface area contributed by atoms with Gasteiger partial charge in [-0.05, 0) is 58.6 Å². The molecule has 0 aromatic heterocycles. The van der Waals surface area contributed by atoms with Crippen LogP contribution in [-0.2, 0) is 13.0 Å². The standard InChI is InChI=1S/C16H18BrNO/c1-12-9-14(7-8-18)10-15(17)16(12)19-11-13-5-3-2-4-6-13/h2-6,9-10H,7-8,11,18H2,1H3. The van der Waals surface area contributed by atoms with E-state index in [4.69, 9.17) is 10.5 Å². The van der Waals surface area contributed by atoms with Crippen LogP contribution in [0.25, 0.3) is 0 Å². The number of aryl methyl sites for hydroxylation is 1. The average molecular weight is 320 g/mol. The van der Waals surface area contributed by atoms with E-state index < -0.39 is 0 Å². The van der Waals surface area contributed by atoms with Crippen LogP contribution in [0.5, 0.6) is 5.75 Å². The number of halogens is 1. The summed E-state index contributed by atoms with van der Waals surface area (Å²) in [6.07, 6.45) is 0.887. The molecule has 0 bridgehead atoms. The van der Waals surface area contributed by atoms with Crippen molar-refractivity contribution in [3.63, 3.8) is 0 Å². The van der Waals surface area contributed by atoms with Crippen LogP contribution in [0.3, 0.4) is 0 Å². The summed E-state index contributed by atoms with van der Waals surface area (Å²) < 4.78 is 6.90. The minimum atomic E-state index is 0.580. The lowest BCUT2D eigenvalue weighted by atomic mass is 10.1. The van der Waals surface area contributed by atoms with Gasteiger partial charge < -0.3 is 10.5 Å². The number of rotatable bonds is 5. The van der Waals surface area contributed by atoms with Crippen molar-refractivity contribution < 1.29 is 4.74 Å². The Morgan fingerprint density at radius 1 is 1.11 bits per heavy atom.